The maximum atomic E-state index is 13.7. The van der Waals surface area contributed by atoms with E-state index in [4.69, 9.17) is 0 Å². The van der Waals surface area contributed by atoms with Crippen LogP contribution in [0.3, 0.4) is 0 Å². The smallest absolute Gasteiger partial charge is 0.239 e. The molecule has 2 aromatic rings. The molecule has 0 saturated carbocycles. The number of halogens is 3. The molecular formula is C13H13Br2FN2OS. The van der Waals surface area contributed by atoms with E-state index in [9.17, 15) is 9.18 Å². The molecule has 0 aliphatic carbocycles. The number of rotatable bonds is 5. The number of amides is 1. The zero-order valence-corrected chi connectivity index (χ0v) is 14.7. The van der Waals surface area contributed by atoms with Gasteiger partial charge in [-0.25, -0.2) is 9.37 Å². The van der Waals surface area contributed by atoms with Crippen LogP contribution >= 0.6 is 43.2 Å². The normalized spacial score (nSPS) is 12.6. The molecule has 108 valence electrons. The van der Waals surface area contributed by atoms with Crippen LogP contribution in [0.15, 0.2) is 16.6 Å². The topological polar surface area (TPSA) is 42.0 Å². The molecule has 0 radical (unpaired) electrons. The number of hydrogen-bond donors (Lipinski definition) is 1. The van der Waals surface area contributed by atoms with Crippen LogP contribution in [0.4, 0.5) is 9.52 Å². The second-order valence-corrected chi connectivity index (χ2v) is 7.40. The first-order chi connectivity index (χ1) is 9.51. The molecule has 1 amide bonds. The molecule has 2 rings (SSSR count). The number of fused-ring (bicyclic) bond motifs is 1. The third kappa shape index (κ3) is 3.77. The number of thiazole rings is 1. The second-order valence-electron chi connectivity index (χ2n) is 4.35. The molecule has 0 aliphatic rings. The van der Waals surface area contributed by atoms with E-state index in [1.54, 1.807) is 6.07 Å². The molecule has 0 unspecified atom stereocenters. The Hall–Kier alpha value is -0.530. The quantitative estimate of drug-likeness (QED) is 0.680. The van der Waals surface area contributed by atoms with Crippen LogP contribution in [-0.2, 0) is 4.79 Å². The van der Waals surface area contributed by atoms with Crippen LogP contribution in [0.25, 0.3) is 10.2 Å². The van der Waals surface area contributed by atoms with Crippen molar-refractivity contribution in [1.29, 1.82) is 0 Å². The summed E-state index contributed by atoms with van der Waals surface area (Å²) in [5, 5.41) is 3.15. The van der Waals surface area contributed by atoms with Crippen molar-refractivity contribution in [2.24, 2.45) is 0 Å². The van der Waals surface area contributed by atoms with E-state index in [0.717, 1.165) is 19.3 Å². The maximum Gasteiger partial charge on any atom is 0.239 e. The van der Waals surface area contributed by atoms with Gasteiger partial charge in [0.25, 0.3) is 0 Å². The number of nitrogens with zero attached hydrogens (tertiary/aromatic N) is 1. The Labute approximate surface area is 137 Å². The summed E-state index contributed by atoms with van der Waals surface area (Å²) < 4.78 is 15.1. The Kier molecular flexibility index (Phi) is 5.51. The van der Waals surface area contributed by atoms with E-state index >= 15 is 0 Å². The SMILES string of the molecule is CCCC[C@@H](Br)C(=O)Nc1nc2c(F)cc(Br)cc2s1. The summed E-state index contributed by atoms with van der Waals surface area (Å²) >= 11 is 7.86. The average Bonchev–Trinajstić information content (AvgIpc) is 2.78. The summed E-state index contributed by atoms with van der Waals surface area (Å²) in [5.74, 6) is -0.538. The maximum absolute atomic E-state index is 13.7. The Bertz CT molecular complexity index is 632. The second kappa shape index (κ2) is 6.95. The number of benzene rings is 1. The highest BCUT2D eigenvalue weighted by molar-refractivity contribution is 9.10. The number of unbranched alkanes of at least 4 members (excludes halogenated alkanes) is 1. The molecule has 1 aromatic heterocycles. The molecule has 0 fully saturated rings. The summed E-state index contributed by atoms with van der Waals surface area (Å²) in [5.41, 5.74) is 0.285. The number of hydrogen-bond acceptors (Lipinski definition) is 3. The molecule has 20 heavy (non-hydrogen) atoms. The van der Waals surface area contributed by atoms with Gasteiger partial charge in [-0.3, -0.25) is 4.79 Å². The van der Waals surface area contributed by atoms with Gasteiger partial charge in [-0.2, -0.15) is 0 Å². The lowest BCUT2D eigenvalue weighted by atomic mass is 10.2. The molecule has 1 atom stereocenters. The summed E-state index contributed by atoms with van der Waals surface area (Å²) in [6, 6.07) is 3.15. The number of alkyl halides is 1. The first-order valence-corrected chi connectivity index (χ1v) is 8.74. The van der Waals surface area contributed by atoms with E-state index < -0.39 is 5.82 Å². The number of nitrogens with one attached hydrogen (secondary N) is 1. The van der Waals surface area contributed by atoms with Crippen molar-refractivity contribution in [3.8, 4) is 0 Å². The first kappa shape index (κ1) is 15.9. The van der Waals surface area contributed by atoms with Crippen LogP contribution < -0.4 is 5.32 Å². The predicted octanol–water partition coefficient (Wildman–Crippen LogP) is 5.09. The first-order valence-electron chi connectivity index (χ1n) is 6.21. The van der Waals surface area contributed by atoms with E-state index in [-0.39, 0.29) is 16.3 Å². The summed E-state index contributed by atoms with van der Waals surface area (Å²) in [6.07, 6.45) is 2.79. The van der Waals surface area contributed by atoms with E-state index in [1.165, 1.54) is 17.4 Å². The average molecular weight is 424 g/mol. The molecule has 1 N–H and O–H groups in total. The van der Waals surface area contributed by atoms with Gasteiger partial charge in [-0.15, -0.1) is 0 Å². The van der Waals surface area contributed by atoms with Gasteiger partial charge in [0.2, 0.25) is 5.91 Å². The lowest BCUT2D eigenvalue weighted by Crippen LogP contribution is -2.22. The highest BCUT2D eigenvalue weighted by Gasteiger charge is 2.17. The molecule has 1 aromatic carbocycles. The summed E-state index contributed by atoms with van der Waals surface area (Å²) in [6.45, 7) is 2.08. The fourth-order valence-electron chi connectivity index (χ4n) is 1.71. The van der Waals surface area contributed by atoms with Crippen molar-refractivity contribution >= 4 is 64.5 Å². The van der Waals surface area contributed by atoms with Crippen molar-refractivity contribution in [2.75, 3.05) is 5.32 Å². The Balaban J connectivity index is 2.14. The molecule has 0 bridgehead atoms. The third-order valence-electron chi connectivity index (χ3n) is 2.74. The monoisotopic (exact) mass is 422 g/mol. The van der Waals surface area contributed by atoms with Gasteiger partial charge in [0.05, 0.1) is 9.53 Å². The standard InChI is InChI=1S/C13H13Br2FN2OS/c1-2-3-4-8(15)12(19)18-13-17-11-9(16)5-7(14)6-10(11)20-13/h5-6,8H,2-4H2,1H3,(H,17,18,19)/t8-/m1/s1. The molecule has 3 nitrogen and oxygen atoms in total. The van der Waals surface area contributed by atoms with Gasteiger partial charge in [0.15, 0.2) is 10.9 Å². The van der Waals surface area contributed by atoms with Crippen LogP contribution in [-0.4, -0.2) is 15.7 Å². The van der Waals surface area contributed by atoms with Crippen LogP contribution in [0.1, 0.15) is 26.2 Å². The third-order valence-corrected chi connectivity index (χ3v) is 4.99. The largest absolute Gasteiger partial charge is 0.301 e. The molecule has 0 saturated heterocycles. The van der Waals surface area contributed by atoms with Crippen molar-refractivity contribution < 1.29 is 9.18 Å². The van der Waals surface area contributed by atoms with E-state index in [0.29, 0.717) is 14.3 Å². The van der Waals surface area contributed by atoms with Crippen molar-refractivity contribution in [1.82, 2.24) is 4.98 Å². The zero-order valence-electron chi connectivity index (χ0n) is 10.8. The predicted molar refractivity (Wildman–Crippen MR) is 88.1 cm³/mol. The number of aromatic nitrogens is 1. The minimum absolute atomic E-state index is 0.142. The van der Waals surface area contributed by atoms with Crippen molar-refractivity contribution in [2.45, 2.75) is 31.0 Å². The Morgan fingerprint density at radius 2 is 2.30 bits per heavy atom. The highest BCUT2D eigenvalue weighted by Crippen LogP contribution is 2.31. The highest BCUT2D eigenvalue weighted by atomic mass is 79.9. The lowest BCUT2D eigenvalue weighted by molar-refractivity contribution is -0.115. The Morgan fingerprint density at radius 1 is 1.55 bits per heavy atom. The van der Waals surface area contributed by atoms with Gasteiger partial charge in [0.1, 0.15) is 5.52 Å². The molecule has 0 spiro atoms. The lowest BCUT2D eigenvalue weighted by Gasteiger charge is -2.07. The molecular weight excluding hydrogens is 411 g/mol. The number of carbonyl (C=O) groups is 1. The van der Waals surface area contributed by atoms with Crippen molar-refractivity contribution in [3.05, 3.63) is 22.4 Å². The van der Waals surface area contributed by atoms with Crippen LogP contribution in [0.2, 0.25) is 0 Å². The van der Waals surface area contributed by atoms with Crippen LogP contribution in [0, 0.1) is 5.82 Å². The summed E-state index contributed by atoms with van der Waals surface area (Å²) in [4.78, 5) is 15.8. The summed E-state index contributed by atoms with van der Waals surface area (Å²) in [7, 11) is 0. The number of carbonyl (C=O) groups excluding carboxylic acids is 1. The molecule has 0 aliphatic heterocycles. The van der Waals surface area contributed by atoms with Gasteiger partial charge >= 0.3 is 0 Å². The molecule has 1 heterocycles. The fraction of sp³-hybridized carbons (Fsp3) is 0.385. The van der Waals surface area contributed by atoms with E-state index in [2.05, 4.69) is 49.1 Å². The van der Waals surface area contributed by atoms with Gasteiger partial charge < -0.3 is 5.32 Å². The van der Waals surface area contributed by atoms with Gasteiger partial charge in [0, 0.05) is 4.47 Å². The Morgan fingerprint density at radius 3 is 3.00 bits per heavy atom. The van der Waals surface area contributed by atoms with E-state index in [1.807, 2.05) is 0 Å². The zero-order chi connectivity index (χ0) is 14.7. The minimum Gasteiger partial charge on any atom is -0.301 e. The van der Waals surface area contributed by atoms with Gasteiger partial charge in [-0.1, -0.05) is 63.0 Å². The van der Waals surface area contributed by atoms with Gasteiger partial charge in [-0.05, 0) is 18.6 Å². The van der Waals surface area contributed by atoms with Crippen LogP contribution in [0.5, 0.6) is 0 Å². The number of anilines is 1. The molecule has 7 heteroatoms. The van der Waals surface area contributed by atoms with Crippen molar-refractivity contribution in [3.63, 3.8) is 0 Å². The fourth-order valence-corrected chi connectivity index (χ4v) is 3.65. The minimum atomic E-state index is -0.396.